The molecular formula is C16H17NO3. The molecule has 4 heteroatoms. The number of aliphatic carboxylic acids is 1. The molecule has 0 aliphatic rings. The van der Waals surface area contributed by atoms with Gasteiger partial charge in [-0.05, 0) is 25.0 Å². The van der Waals surface area contributed by atoms with Crippen molar-refractivity contribution in [2.75, 3.05) is 7.11 Å². The van der Waals surface area contributed by atoms with Crippen molar-refractivity contribution in [1.29, 1.82) is 0 Å². The average molecular weight is 271 g/mol. The number of rotatable bonds is 5. The van der Waals surface area contributed by atoms with Crippen LogP contribution in [-0.2, 0) is 11.2 Å². The number of carboxylic acids is 1. The third-order valence-corrected chi connectivity index (χ3v) is 3.17. The van der Waals surface area contributed by atoms with Crippen LogP contribution >= 0.6 is 0 Å². The summed E-state index contributed by atoms with van der Waals surface area (Å²) < 4.78 is 5.05. The Morgan fingerprint density at radius 3 is 2.55 bits per heavy atom. The van der Waals surface area contributed by atoms with Gasteiger partial charge in [-0.15, -0.1) is 0 Å². The lowest BCUT2D eigenvalue weighted by Gasteiger charge is -2.13. The summed E-state index contributed by atoms with van der Waals surface area (Å²) in [6.45, 7) is 2.00. The number of pyridine rings is 1. The maximum Gasteiger partial charge on any atom is 0.312 e. The Hall–Kier alpha value is -2.36. The van der Waals surface area contributed by atoms with Crippen LogP contribution in [0.5, 0.6) is 5.88 Å². The minimum absolute atomic E-state index is 0.412. The van der Waals surface area contributed by atoms with E-state index in [1.165, 1.54) is 7.11 Å². The topological polar surface area (TPSA) is 59.4 Å². The van der Waals surface area contributed by atoms with E-state index in [0.717, 1.165) is 11.1 Å². The van der Waals surface area contributed by atoms with E-state index < -0.39 is 11.9 Å². The highest BCUT2D eigenvalue weighted by molar-refractivity contribution is 5.76. The predicted octanol–water partition coefficient (Wildman–Crippen LogP) is 2.81. The van der Waals surface area contributed by atoms with Crippen LogP contribution in [0, 0.1) is 6.92 Å². The molecule has 0 bridgehead atoms. The molecule has 0 radical (unpaired) electrons. The number of aryl methyl sites for hydroxylation is 1. The number of carboxylic acid groups (broad SMARTS) is 1. The van der Waals surface area contributed by atoms with Crippen molar-refractivity contribution in [2.24, 2.45) is 0 Å². The van der Waals surface area contributed by atoms with Crippen LogP contribution in [0.15, 0.2) is 42.5 Å². The van der Waals surface area contributed by atoms with Crippen LogP contribution < -0.4 is 4.74 Å². The zero-order chi connectivity index (χ0) is 14.5. The maximum atomic E-state index is 11.5. The first-order chi connectivity index (χ1) is 9.60. The van der Waals surface area contributed by atoms with Crippen LogP contribution in [0.3, 0.4) is 0 Å². The van der Waals surface area contributed by atoms with Gasteiger partial charge in [0.1, 0.15) is 5.92 Å². The van der Waals surface area contributed by atoms with Crippen molar-refractivity contribution in [1.82, 2.24) is 4.98 Å². The van der Waals surface area contributed by atoms with Gasteiger partial charge in [0.15, 0.2) is 0 Å². The molecule has 104 valence electrons. The molecule has 0 aliphatic carbocycles. The Morgan fingerprint density at radius 2 is 1.95 bits per heavy atom. The summed E-state index contributed by atoms with van der Waals surface area (Å²) in [4.78, 5) is 15.7. The fraction of sp³-hybridized carbons (Fsp3) is 0.250. The number of methoxy groups -OCH3 is 1. The van der Waals surface area contributed by atoms with Crippen LogP contribution in [0.4, 0.5) is 0 Å². The first kappa shape index (κ1) is 14.1. The quantitative estimate of drug-likeness (QED) is 0.908. The standard InChI is InChI=1S/C16H17NO3/c1-11-6-8-12(9-7-11)10-13(16(18)19)14-4-3-5-15(17-14)20-2/h3-9,13H,10H2,1-2H3,(H,18,19). The molecular weight excluding hydrogens is 254 g/mol. The molecule has 1 N–H and O–H groups in total. The second kappa shape index (κ2) is 6.19. The minimum Gasteiger partial charge on any atom is -0.481 e. The van der Waals surface area contributed by atoms with Gasteiger partial charge in [0, 0.05) is 6.07 Å². The maximum absolute atomic E-state index is 11.5. The van der Waals surface area contributed by atoms with Crippen molar-refractivity contribution >= 4 is 5.97 Å². The van der Waals surface area contributed by atoms with Gasteiger partial charge in [0.05, 0.1) is 12.8 Å². The Balaban J connectivity index is 2.26. The van der Waals surface area contributed by atoms with E-state index in [4.69, 9.17) is 4.74 Å². The van der Waals surface area contributed by atoms with E-state index in [2.05, 4.69) is 4.98 Å². The van der Waals surface area contributed by atoms with E-state index in [9.17, 15) is 9.90 Å². The molecule has 20 heavy (non-hydrogen) atoms. The van der Waals surface area contributed by atoms with Crippen molar-refractivity contribution < 1.29 is 14.6 Å². The highest BCUT2D eigenvalue weighted by Crippen LogP contribution is 2.22. The van der Waals surface area contributed by atoms with E-state index in [-0.39, 0.29) is 0 Å². The number of nitrogens with zero attached hydrogens (tertiary/aromatic N) is 1. The zero-order valence-corrected chi connectivity index (χ0v) is 11.5. The molecule has 1 aromatic heterocycles. The fourth-order valence-electron chi connectivity index (χ4n) is 2.02. The number of hydrogen-bond donors (Lipinski definition) is 1. The summed E-state index contributed by atoms with van der Waals surface area (Å²) in [7, 11) is 1.52. The molecule has 0 saturated heterocycles. The second-order valence-corrected chi connectivity index (χ2v) is 4.69. The Bertz CT molecular complexity index is 593. The van der Waals surface area contributed by atoms with Gasteiger partial charge in [-0.25, -0.2) is 4.98 Å². The molecule has 1 atom stereocenters. The third kappa shape index (κ3) is 3.35. The summed E-state index contributed by atoms with van der Waals surface area (Å²) in [6.07, 6.45) is 0.412. The molecule has 0 aliphatic heterocycles. The summed E-state index contributed by atoms with van der Waals surface area (Å²) in [5.74, 6) is -1.13. The van der Waals surface area contributed by atoms with Gasteiger partial charge >= 0.3 is 5.97 Å². The molecule has 1 aromatic carbocycles. The van der Waals surface area contributed by atoms with Gasteiger partial charge in [-0.2, -0.15) is 0 Å². The highest BCUT2D eigenvalue weighted by atomic mass is 16.5. The monoisotopic (exact) mass is 271 g/mol. The zero-order valence-electron chi connectivity index (χ0n) is 11.5. The molecule has 0 spiro atoms. The highest BCUT2D eigenvalue weighted by Gasteiger charge is 2.22. The average Bonchev–Trinajstić information content (AvgIpc) is 2.46. The van der Waals surface area contributed by atoms with Gasteiger partial charge < -0.3 is 9.84 Å². The molecule has 0 amide bonds. The smallest absolute Gasteiger partial charge is 0.312 e. The van der Waals surface area contributed by atoms with E-state index in [0.29, 0.717) is 18.0 Å². The molecule has 0 saturated carbocycles. The van der Waals surface area contributed by atoms with E-state index >= 15 is 0 Å². The number of ether oxygens (including phenoxy) is 1. The summed E-state index contributed by atoms with van der Waals surface area (Å²) in [5, 5.41) is 9.43. The Labute approximate surface area is 118 Å². The first-order valence-corrected chi connectivity index (χ1v) is 6.39. The lowest BCUT2D eigenvalue weighted by atomic mass is 9.95. The third-order valence-electron chi connectivity index (χ3n) is 3.17. The molecule has 1 unspecified atom stereocenters. The van der Waals surface area contributed by atoms with Gasteiger partial charge in [0.2, 0.25) is 5.88 Å². The second-order valence-electron chi connectivity index (χ2n) is 4.69. The van der Waals surface area contributed by atoms with Crippen LogP contribution in [0.25, 0.3) is 0 Å². The number of carbonyl (C=O) groups is 1. The Morgan fingerprint density at radius 1 is 1.25 bits per heavy atom. The lowest BCUT2D eigenvalue weighted by Crippen LogP contribution is -2.16. The fourth-order valence-corrected chi connectivity index (χ4v) is 2.02. The SMILES string of the molecule is COc1cccc(C(Cc2ccc(C)cc2)C(=O)O)n1. The van der Waals surface area contributed by atoms with Gasteiger partial charge in [-0.1, -0.05) is 35.9 Å². The van der Waals surface area contributed by atoms with E-state index in [1.807, 2.05) is 31.2 Å². The summed E-state index contributed by atoms with van der Waals surface area (Å²) in [5.41, 5.74) is 2.64. The van der Waals surface area contributed by atoms with Crippen molar-refractivity contribution in [3.05, 3.63) is 59.3 Å². The number of benzene rings is 1. The van der Waals surface area contributed by atoms with Gasteiger partial charge in [-0.3, -0.25) is 4.79 Å². The normalized spacial score (nSPS) is 11.9. The largest absolute Gasteiger partial charge is 0.481 e. The molecule has 0 fully saturated rings. The van der Waals surface area contributed by atoms with Crippen LogP contribution in [-0.4, -0.2) is 23.2 Å². The van der Waals surface area contributed by atoms with Crippen molar-refractivity contribution in [3.63, 3.8) is 0 Å². The van der Waals surface area contributed by atoms with Crippen molar-refractivity contribution in [2.45, 2.75) is 19.3 Å². The number of hydrogen-bond acceptors (Lipinski definition) is 3. The minimum atomic E-state index is -0.883. The van der Waals surface area contributed by atoms with Crippen molar-refractivity contribution in [3.8, 4) is 5.88 Å². The molecule has 2 rings (SSSR count). The predicted molar refractivity (Wildman–Crippen MR) is 76.0 cm³/mol. The van der Waals surface area contributed by atoms with Gasteiger partial charge in [0.25, 0.3) is 0 Å². The van der Waals surface area contributed by atoms with E-state index in [1.54, 1.807) is 18.2 Å². The molecule has 4 nitrogen and oxygen atoms in total. The molecule has 1 heterocycles. The Kier molecular flexibility index (Phi) is 4.35. The lowest BCUT2D eigenvalue weighted by molar-refractivity contribution is -0.138. The van der Waals surface area contributed by atoms with Crippen LogP contribution in [0.1, 0.15) is 22.7 Å². The van der Waals surface area contributed by atoms with Crippen LogP contribution in [0.2, 0.25) is 0 Å². The molecule has 2 aromatic rings. The first-order valence-electron chi connectivity index (χ1n) is 6.39. The summed E-state index contributed by atoms with van der Waals surface area (Å²) in [6, 6.07) is 13.0. The summed E-state index contributed by atoms with van der Waals surface area (Å²) >= 11 is 0. The number of aromatic nitrogens is 1.